The lowest BCUT2D eigenvalue weighted by molar-refractivity contribution is 0.164. The van der Waals surface area contributed by atoms with E-state index in [1.54, 1.807) is 24.3 Å². The van der Waals surface area contributed by atoms with Crippen molar-refractivity contribution in [3.63, 3.8) is 0 Å². The van der Waals surface area contributed by atoms with Gasteiger partial charge in [0, 0.05) is 29.4 Å². The SMILES string of the molecule is Cc1cn(CC2CCCC/C2=N\OC(=O)Nc2cccc(Cl)c2)cn1. The molecule has 0 spiro atoms. The first-order valence-electron chi connectivity index (χ1n) is 8.39. The summed E-state index contributed by atoms with van der Waals surface area (Å²) in [5, 5.41) is 7.29. The minimum Gasteiger partial charge on any atom is -0.337 e. The van der Waals surface area contributed by atoms with E-state index < -0.39 is 6.09 Å². The molecule has 1 saturated carbocycles. The second-order valence-electron chi connectivity index (χ2n) is 6.25. The van der Waals surface area contributed by atoms with Crippen molar-refractivity contribution < 1.29 is 9.63 Å². The molecular formula is C18H21ClN4O2. The van der Waals surface area contributed by atoms with E-state index >= 15 is 0 Å². The van der Waals surface area contributed by atoms with Crippen LogP contribution in [0, 0.1) is 12.8 Å². The Kier molecular flexibility index (Phi) is 5.71. The third kappa shape index (κ3) is 5.06. The molecule has 1 aliphatic carbocycles. The van der Waals surface area contributed by atoms with E-state index in [4.69, 9.17) is 16.4 Å². The molecule has 1 aliphatic rings. The summed E-state index contributed by atoms with van der Waals surface area (Å²) in [4.78, 5) is 21.3. The molecule has 1 amide bonds. The number of oxime groups is 1. The maximum atomic E-state index is 11.9. The monoisotopic (exact) mass is 360 g/mol. The van der Waals surface area contributed by atoms with Gasteiger partial charge in [-0.15, -0.1) is 0 Å². The first-order valence-corrected chi connectivity index (χ1v) is 8.76. The van der Waals surface area contributed by atoms with Crippen molar-refractivity contribution >= 4 is 29.1 Å². The lowest BCUT2D eigenvalue weighted by Crippen LogP contribution is -2.25. The van der Waals surface area contributed by atoms with Crippen LogP contribution in [0.4, 0.5) is 10.5 Å². The van der Waals surface area contributed by atoms with Gasteiger partial charge in [0.05, 0.1) is 17.7 Å². The Labute approximate surface area is 151 Å². The zero-order valence-electron chi connectivity index (χ0n) is 14.1. The minimum absolute atomic E-state index is 0.265. The molecule has 7 heteroatoms. The van der Waals surface area contributed by atoms with Crippen LogP contribution < -0.4 is 5.32 Å². The van der Waals surface area contributed by atoms with Gasteiger partial charge in [0.15, 0.2) is 0 Å². The second kappa shape index (κ2) is 8.16. The van der Waals surface area contributed by atoms with Gasteiger partial charge in [0.2, 0.25) is 0 Å². The van der Waals surface area contributed by atoms with Gasteiger partial charge in [-0.3, -0.25) is 10.2 Å². The minimum atomic E-state index is -0.613. The predicted octanol–water partition coefficient (Wildman–Crippen LogP) is 4.64. The Bertz CT molecular complexity index is 772. The highest BCUT2D eigenvalue weighted by atomic mass is 35.5. The van der Waals surface area contributed by atoms with E-state index in [0.29, 0.717) is 10.7 Å². The van der Waals surface area contributed by atoms with Gasteiger partial charge in [0.25, 0.3) is 0 Å². The van der Waals surface area contributed by atoms with Gasteiger partial charge < -0.3 is 4.57 Å². The molecule has 1 aromatic carbocycles. The average molecular weight is 361 g/mol. The highest BCUT2D eigenvalue weighted by Gasteiger charge is 2.22. The van der Waals surface area contributed by atoms with E-state index in [-0.39, 0.29) is 5.92 Å². The number of nitrogens with one attached hydrogen (secondary N) is 1. The Morgan fingerprint density at radius 3 is 3.12 bits per heavy atom. The van der Waals surface area contributed by atoms with Gasteiger partial charge in [-0.05, 0) is 44.4 Å². The number of carbonyl (C=O) groups is 1. The van der Waals surface area contributed by atoms with Crippen LogP contribution in [0.5, 0.6) is 0 Å². The predicted molar refractivity (Wildman–Crippen MR) is 97.9 cm³/mol. The fraction of sp³-hybridized carbons (Fsp3) is 0.389. The van der Waals surface area contributed by atoms with Crippen LogP contribution in [0.1, 0.15) is 31.4 Å². The molecule has 0 radical (unpaired) electrons. The van der Waals surface area contributed by atoms with Crippen molar-refractivity contribution in [2.75, 3.05) is 5.32 Å². The van der Waals surface area contributed by atoms with E-state index in [9.17, 15) is 4.79 Å². The Morgan fingerprint density at radius 1 is 1.48 bits per heavy atom. The smallest absolute Gasteiger partial charge is 0.337 e. The maximum absolute atomic E-state index is 11.9. The van der Waals surface area contributed by atoms with Crippen LogP contribution in [0.2, 0.25) is 5.02 Å². The molecule has 1 unspecified atom stereocenters. The molecule has 132 valence electrons. The summed E-state index contributed by atoms with van der Waals surface area (Å²) in [6.07, 6.45) is 7.34. The number of nitrogens with zero attached hydrogens (tertiary/aromatic N) is 3. The van der Waals surface area contributed by atoms with Crippen LogP contribution in [0.3, 0.4) is 0 Å². The second-order valence-corrected chi connectivity index (χ2v) is 6.69. The van der Waals surface area contributed by atoms with Gasteiger partial charge in [-0.2, -0.15) is 0 Å². The molecule has 1 N–H and O–H groups in total. The fourth-order valence-electron chi connectivity index (χ4n) is 3.02. The average Bonchev–Trinajstić information content (AvgIpc) is 2.99. The summed E-state index contributed by atoms with van der Waals surface area (Å²) < 4.78 is 2.06. The zero-order chi connectivity index (χ0) is 17.6. The summed E-state index contributed by atoms with van der Waals surface area (Å²) in [7, 11) is 0. The van der Waals surface area contributed by atoms with Crippen LogP contribution in [0.15, 0.2) is 41.9 Å². The number of imidazole rings is 1. The summed E-state index contributed by atoms with van der Waals surface area (Å²) >= 11 is 5.90. The van der Waals surface area contributed by atoms with E-state index in [1.807, 2.05) is 19.4 Å². The topological polar surface area (TPSA) is 68.5 Å². The van der Waals surface area contributed by atoms with Crippen molar-refractivity contribution in [2.24, 2.45) is 11.1 Å². The summed E-state index contributed by atoms with van der Waals surface area (Å²) in [5.41, 5.74) is 2.50. The number of anilines is 1. The Balaban J connectivity index is 1.60. The molecule has 1 heterocycles. The molecular weight excluding hydrogens is 340 g/mol. The number of amides is 1. The molecule has 25 heavy (non-hydrogen) atoms. The van der Waals surface area contributed by atoms with Crippen molar-refractivity contribution in [1.82, 2.24) is 9.55 Å². The van der Waals surface area contributed by atoms with Crippen LogP contribution in [-0.2, 0) is 11.4 Å². The molecule has 1 aromatic heterocycles. The van der Waals surface area contributed by atoms with Crippen molar-refractivity contribution in [1.29, 1.82) is 0 Å². The normalized spacial score (nSPS) is 19.0. The van der Waals surface area contributed by atoms with Crippen molar-refractivity contribution in [3.05, 3.63) is 47.5 Å². The van der Waals surface area contributed by atoms with Gasteiger partial charge in [-0.25, -0.2) is 9.78 Å². The largest absolute Gasteiger partial charge is 0.437 e. The van der Waals surface area contributed by atoms with Gasteiger partial charge in [0.1, 0.15) is 0 Å². The zero-order valence-corrected chi connectivity index (χ0v) is 14.9. The lowest BCUT2D eigenvalue weighted by Gasteiger charge is -2.23. The molecule has 2 aromatic rings. The summed E-state index contributed by atoms with van der Waals surface area (Å²) in [6.45, 7) is 2.77. The third-order valence-corrected chi connectivity index (χ3v) is 4.45. The number of rotatable bonds is 4. The van der Waals surface area contributed by atoms with E-state index in [0.717, 1.165) is 43.6 Å². The fourth-order valence-corrected chi connectivity index (χ4v) is 3.21. The summed E-state index contributed by atoms with van der Waals surface area (Å²) in [5.74, 6) is 0.265. The highest BCUT2D eigenvalue weighted by molar-refractivity contribution is 6.30. The maximum Gasteiger partial charge on any atom is 0.437 e. The lowest BCUT2D eigenvalue weighted by atomic mass is 9.87. The molecule has 1 fully saturated rings. The molecule has 3 rings (SSSR count). The number of benzene rings is 1. The Hall–Kier alpha value is -2.34. The summed E-state index contributed by atoms with van der Waals surface area (Å²) in [6, 6.07) is 6.89. The van der Waals surface area contributed by atoms with Gasteiger partial charge >= 0.3 is 6.09 Å². The number of aryl methyl sites for hydroxylation is 1. The third-order valence-electron chi connectivity index (χ3n) is 4.22. The standard InChI is InChI=1S/C18H21ClN4O2/c1-13-10-23(12-20-13)11-14-5-2-3-8-17(14)22-25-18(24)21-16-7-4-6-15(19)9-16/h4,6-7,9-10,12,14H,2-3,5,8,11H2,1H3,(H,21,24)/b22-17+. The van der Waals surface area contributed by atoms with Gasteiger partial charge in [-0.1, -0.05) is 29.2 Å². The number of hydrogen-bond donors (Lipinski definition) is 1. The quantitative estimate of drug-likeness (QED) is 0.637. The number of aromatic nitrogens is 2. The van der Waals surface area contributed by atoms with Crippen LogP contribution in [0.25, 0.3) is 0 Å². The molecule has 0 bridgehead atoms. The molecule has 0 saturated heterocycles. The van der Waals surface area contributed by atoms with Crippen LogP contribution >= 0.6 is 11.6 Å². The first kappa shape index (κ1) is 17.5. The van der Waals surface area contributed by atoms with Crippen molar-refractivity contribution in [3.8, 4) is 0 Å². The van der Waals surface area contributed by atoms with E-state index in [1.165, 1.54) is 0 Å². The van der Waals surface area contributed by atoms with Crippen LogP contribution in [-0.4, -0.2) is 21.4 Å². The first-order chi connectivity index (χ1) is 12.1. The molecule has 0 aliphatic heterocycles. The molecule has 6 nitrogen and oxygen atoms in total. The Morgan fingerprint density at radius 2 is 2.36 bits per heavy atom. The van der Waals surface area contributed by atoms with E-state index in [2.05, 4.69) is 20.0 Å². The highest BCUT2D eigenvalue weighted by Crippen LogP contribution is 2.24. The van der Waals surface area contributed by atoms with Crippen molar-refractivity contribution in [2.45, 2.75) is 39.2 Å². The molecule has 1 atom stereocenters. The number of halogens is 1. The number of carbonyl (C=O) groups excluding carboxylic acids is 1. The number of hydrogen-bond acceptors (Lipinski definition) is 4.